The van der Waals surface area contributed by atoms with E-state index in [1.165, 1.54) is 73.8 Å². The van der Waals surface area contributed by atoms with Crippen LogP contribution in [0.5, 0.6) is 0 Å². The van der Waals surface area contributed by atoms with Crippen molar-refractivity contribution in [3.05, 3.63) is 52.3 Å². The number of carbonyl (C=O) groups excluding carboxylic acids is 1. The monoisotopic (exact) mass is 403 g/mol. The molecule has 0 radical (unpaired) electrons. The fourth-order valence-corrected chi connectivity index (χ4v) is 7.41. The number of benzene rings is 1. The zero-order chi connectivity index (χ0) is 20.3. The fraction of sp³-hybridized carbons (Fsp3) is 0.615. The Balaban J connectivity index is 1.28. The van der Waals surface area contributed by atoms with Crippen molar-refractivity contribution in [3.63, 3.8) is 0 Å². The van der Waals surface area contributed by atoms with E-state index in [9.17, 15) is 4.79 Å². The molecule has 4 fully saturated rings. The van der Waals surface area contributed by atoms with Crippen molar-refractivity contribution >= 4 is 5.91 Å². The molecule has 1 aromatic heterocycles. The Morgan fingerprint density at radius 3 is 2.33 bits per heavy atom. The first kappa shape index (κ1) is 18.7. The molecule has 0 unspecified atom stereocenters. The standard InChI is InChI=1S/C26H33N3O/c1-17-6-8-18(9-7-17)16-29-23-5-3-2-4-22(23)24(28-29)25(30)27-26-13-19-10-20(14-26)12-21(11-19)15-26/h6-9,19-21H,2-5,10-16H2,1H3,(H,27,30). The summed E-state index contributed by atoms with van der Waals surface area (Å²) in [5.41, 5.74) is 5.80. The Morgan fingerprint density at radius 2 is 1.67 bits per heavy atom. The minimum Gasteiger partial charge on any atom is -0.345 e. The van der Waals surface area contributed by atoms with E-state index in [0.29, 0.717) is 5.69 Å². The van der Waals surface area contributed by atoms with Crippen molar-refractivity contribution < 1.29 is 4.79 Å². The van der Waals surface area contributed by atoms with Crippen LogP contribution in [0.2, 0.25) is 0 Å². The van der Waals surface area contributed by atoms with Crippen LogP contribution in [0.15, 0.2) is 24.3 Å². The maximum absolute atomic E-state index is 13.5. The van der Waals surface area contributed by atoms with Crippen molar-refractivity contribution in [3.8, 4) is 0 Å². The molecule has 2 aromatic rings. The van der Waals surface area contributed by atoms with Crippen LogP contribution in [-0.2, 0) is 19.4 Å². The lowest BCUT2D eigenvalue weighted by atomic mass is 9.53. The van der Waals surface area contributed by atoms with Crippen molar-refractivity contribution in [2.45, 2.75) is 83.2 Å². The van der Waals surface area contributed by atoms with Crippen molar-refractivity contribution in [1.29, 1.82) is 0 Å². The molecule has 1 heterocycles. The van der Waals surface area contributed by atoms with Crippen molar-refractivity contribution in [2.75, 3.05) is 0 Å². The Labute approximate surface area is 179 Å². The lowest BCUT2D eigenvalue weighted by Crippen LogP contribution is -2.60. The minimum atomic E-state index is 0.0497. The Kier molecular flexibility index (Phi) is 4.33. The SMILES string of the molecule is Cc1ccc(Cn2nc(C(=O)NC34CC5CC(CC(C5)C3)C4)c3c2CCCC3)cc1. The van der Waals surface area contributed by atoms with Gasteiger partial charge >= 0.3 is 0 Å². The highest BCUT2D eigenvalue weighted by atomic mass is 16.2. The number of carbonyl (C=O) groups is 1. The molecule has 1 aromatic carbocycles. The summed E-state index contributed by atoms with van der Waals surface area (Å²) in [5, 5.41) is 8.47. The average Bonchev–Trinajstić information content (AvgIpc) is 3.07. The third-order valence-corrected chi connectivity index (χ3v) is 8.34. The molecular formula is C26H33N3O. The highest BCUT2D eigenvalue weighted by Gasteiger charge is 2.51. The van der Waals surface area contributed by atoms with E-state index in [1.54, 1.807) is 0 Å². The highest BCUT2D eigenvalue weighted by molar-refractivity contribution is 5.94. The van der Waals surface area contributed by atoms with Crippen LogP contribution in [0.4, 0.5) is 0 Å². The van der Waals surface area contributed by atoms with Crippen molar-refractivity contribution in [2.24, 2.45) is 17.8 Å². The number of aromatic nitrogens is 2. The van der Waals surface area contributed by atoms with E-state index in [-0.39, 0.29) is 11.4 Å². The molecule has 0 spiro atoms. The summed E-state index contributed by atoms with van der Waals surface area (Å²) in [7, 11) is 0. The van der Waals surface area contributed by atoms with Gasteiger partial charge in [-0.1, -0.05) is 29.8 Å². The number of amides is 1. The van der Waals surface area contributed by atoms with Crippen LogP contribution in [0.1, 0.15) is 84.2 Å². The zero-order valence-electron chi connectivity index (χ0n) is 18.1. The average molecular weight is 404 g/mol. The van der Waals surface area contributed by atoms with Crippen LogP contribution < -0.4 is 5.32 Å². The fourth-order valence-electron chi connectivity index (χ4n) is 7.41. The summed E-state index contributed by atoms with van der Waals surface area (Å²) in [4.78, 5) is 13.5. The number of nitrogens with zero attached hydrogens (tertiary/aromatic N) is 2. The van der Waals surface area contributed by atoms with Crippen LogP contribution in [0.3, 0.4) is 0 Å². The van der Waals surface area contributed by atoms with Gasteiger partial charge in [0.05, 0.1) is 6.54 Å². The van der Waals surface area contributed by atoms with Gasteiger partial charge in [0.25, 0.3) is 5.91 Å². The summed E-state index contributed by atoms with van der Waals surface area (Å²) >= 11 is 0. The number of aryl methyl sites for hydroxylation is 1. The molecule has 1 N–H and O–H groups in total. The number of hydrogen-bond acceptors (Lipinski definition) is 2. The Bertz CT molecular complexity index is 936. The van der Waals surface area contributed by atoms with E-state index in [2.05, 4.69) is 41.2 Å². The third kappa shape index (κ3) is 3.19. The maximum atomic E-state index is 13.5. The second kappa shape index (κ2) is 6.96. The van der Waals surface area contributed by atoms with Crippen LogP contribution >= 0.6 is 0 Å². The molecule has 4 saturated carbocycles. The lowest BCUT2D eigenvalue weighted by molar-refractivity contribution is -0.0168. The number of hydrogen-bond donors (Lipinski definition) is 1. The molecule has 0 atom stereocenters. The second-order valence-corrected chi connectivity index (χ2v) is 10.8. The van der Waals surface area contributed by atoms with E-state index in [1.807, 2.05) is 0 Å². The van der Waals surface area contributed by atoms with Crippen LogP contribution in [-0.4, -0.2) is 21.2 Å². The minimum absolute atomic E-state index is 0.0497. The normalized spacial score (nSPS) is 31.6. The first-order valence-electron chi connectivity index (χ1n) is 12.0. The molecule has 30 heavy (non-hydrogen) atoms. The smallest absolute Gasteiger partial charge is 0.272 e. The van der Waals surface area contributed by atoms with Gasteiger partial charge in [-0.25, -0.2) is 0 Å². The van der Waals surface area contributed by atoms with Gasteiger partial charge in [0.1, 0.15) is 0 Å². The van der Waals surface area contributed by atoms with Gasteiger partial charge in [0.2, 0.25) is 0 Å². The Hall–Kier alpha value is -2.10. The van der Waals surface area contributed by atoms with Gasteiger partial charge in [-0.05, 0) is 94.4 Å². The summed E-state index contributed by atoms with van der Waals surface area (Å²) in [6.45, 7) is 2.87. The summed E-state index contributed by atoms with van der Waals surface area (Å²) in [6, 6.07) is 8.68. The van der Waals surface area contributed by atoms with Crippen LogP contribution in [0, 0.1) is 24.7 Å². The van der Waals surface area contributed by atoms with Gasteiger partial charge in [0.15, 0.2) is 5.69 Å². The number of rotatable bonds is 4. The molecule has 4 heteroatoms. The molecule has 4 bridgehead atoms. The lowest BCUT2D eigenvalue weighted by Gasteiger charge is -2.56. The molecule has 1 amide bonds. The third-order valence-electron chi connectivity index (χ3n) is 8.34. The Morgan fingerprint density at radius 1 is 1.03 bits per heavy atom. The summed E-state index contributed by atoms with van der Waals surface area (Å²) in [5.74, 6) is 2.61. The molecule has 7 rings (SSSR count). The van der Waals surface area contributed by atoms with Gasteiger partial charge in [0, 0.05) is 16.8 Å². The van der Waals surface area contributed by atoms with E-state index in [4.69, 9.17) is 5.10 Å². The van der Waals surface area contributed by atoms with Crippen LogP contribution in [0.25, 0.3) is 0 Å². The molecule has 158 valence electrons. The van der Waals surface area contributed by atoms with E-state index in [0.717, 1.165) is 37.1 Å². The largest absolute Gasteiger partial charge is 0.345 e. The highest BCUT2D eigenvalue weighted by Crippen LogP contribution is 2.55. The molecular weight excluding hydrogens is 370 g/mol. The van der Waals surface area contributed by atoms with Gasteiger partial charge in [-0.2, -0.15) is 5.10 Å². The molecule has 0 saturated heterocycles. The molecule has 5 aliphatic rings. The van der Waals surface area contributed by atoms with E-state index < -0.39 is 0 Å². The molecule has 0 aliphatic heterocycles. The van der Waals surface area contributed by atoms with Gasteiger partial charge in [-0.3, -0.25) is 9.48 Å². The first-order chi connectivity index (χ1) is 14.6. The predicted octanol–water partition coefficient (Wildman–Crippen LogP) is 4.82. The summed E-state index contributed by atoms with van der Waals surface area (Å²) < 4.78 is 2.12. The first-order valence-corrected chi connectivity index (χ1v) is 12.0. The number of nitrogens with one attached hydrogen (secondary N) is 1. The van der Waals surface area contributed by atoms with Gasteiger partial charge in [-0.15, -0.1) is 0 Å². The quantitative estimate of drug-likeness (QED) is 0.796. The molecule has 5 aliphatic carbocycles. The van der Waals surface area contributed by atoms with Crippen molar-refractivity contribution in [1.82, 2.24) is 15.1 Å². The summed E-state index contributed by atoms with van der Waals surface area (Å²) in [6.07, 6.45) is 12.2. The van der Waals surface area contributed by atoms with Gasteiger partial charge < -0.3 is 5.32 Å². The predicted molar refractivity (Wildman–Crippen MR) is 118 cm³/mol. The number of fused-ring (bicyclic) bond motifs is 1. The molecule has 4 nitrogen and oxygen atoms in total. The van der Waals surface area contributed by atoms with E-state index >= 15 is 0 Å². The maximum Gasteiger partial charge on any atom is 0.272 e. The second-order valence-electron chi connectivity index (χ2n) is 10.8. The topological polar surface area (TPSA) is 46.9 Å². The zero-order valence-corrected chi connectivity index (χ0v) is 18.1.